The molecule has 0 bridgehead atoms. The van der Waals surface area contributed by atoms with E-state index in [1.165, 1.54) is 6.92 Å². The van der Waals surface area contributed by atoms with Gasteiger partial charge in [0.1, 0.15) is 5.60 Å². The van der Waals surface area contributed by atoms with Gasteiger partial charge in [-0.05, 0) is 40.0 Å². The lowest BCUT2D eigenvalue weighted by Gasteiger charge is -2.19. The number of hydrogen-bond donors (Lipinski definition) is 2. The molecule has 0 aromatic rings. The van der Waals surface area contributed by atoms with Crippen LogP contribution in [0.3, 0.4) is 0 Å². The van der Waals surface area contributed by atoms with Crippen LogP contribution in [0.5, 0.6) is 0 Å². The number of hydrogen-bond acceptors (Lipinski definition) is 3. The van der Waals surface area contributed by atoms with Crippen molar-refractivity contribution < 1.29 is 14.3 Å². The number of carbonyl (C=O) groups is 2. The molecule has 0 aliphatic rings. The zero-order chi connectivity index (χ0) is 13.3. The number of rotatable bonds is 6. The minimum atomic E-state index is -0.449. The summed E-state index contributed by atoms with van der Waals surface area (Å²) in [6, 6.07) is 0. The van der Waals surface area contributed by atoms with Crippen LogP contribution in [0.25, 0.3) is 0 Å². The minimum Gasteiger partial charge on any atom is -0.444 e. The minimum absolute atomic E-state index is 0.00289. The van der Waals surface area contributed by atoms with Gasteiger partial charge in [0.25, 0.3) is 0 Å². The summed E-state index contributed by atoms with van der Waals surface area (Å²) in [6.45, 7) is 8.31. The lowest BCUT2D eigenvalue weighted by Crippen LogP contribution is -2.33. The molecular weight excluding hydrogens is 220 g/mol. The molecule has 0 aliphatic heterocycles. The molecule has 0 aromatic carbocycles. The van der Waals surface area contributed by atoms with E-state index < -0.39 is 5.60 Å². The normalized spacial score (nSPS) is 10.8. The zero-order valence-electron chi connectivity index (χ0n) is 11.3. The third-order valence-corrected chi connectivity index (χ3v) is 1.90. The lowest BCUT2D eigenvalue weighted by atomic mass is 10.2. The molecule has 0 atom stereocenters. The Hall–Kier alpha value is -1.26. The van der Waals surface area contributed by atoms with E-state index in [-0.39, 0.29) is 12.0 Å². The van der Waals surface area contributed by atoms with Crippen molar-refractivity contribution in [3.8, 4) is 0 Å². The fourth-order valence-corrected chi connectivity index (χ4v) is 1.20. The molecule has 5 heteroatoms. The molecule has 0 spiro atoms. The van der Waals surface area contributed by atoms with Crippen LogP contribution in [0, 0.1) is 0 Å². The maximum Gasteiger partial charge on any atom is 0.407 e. The molecule has 0 rings (SSSR count). The summed E-state index contributed by atoms with van der Waals surface area (Å²) in [5, 5.41) is 5.42. The predicted octanol–water partition coefficient (Wildman–Crippen LogP) is 1.82. The Bertz CT molecular complexity index is 247. The van der Waals surface area contributed by atoms with Crippen molar-refractivity contribution in [1.82, 2.24) is 10.6 Å². The maximum absolute atomic E-state index is 11.2. The molecule has 0 saturated heterocycles. The Balaban J connectivity index is 3.34. The van der Waals surface area contributed by atoms with Crippen molar-refractivity contribution in [2.75, 3.05) is 13.1 Å². The molecule has 17 heavy (non-hydrogen) atoms. The van der Waals surface area contributed by atoms with Crippen molar-refractivity contribution in [2.24, 2.45) is 0 Å². The van der Waals surface area contributed by atoms with Gasteiger partial charge in [0.2, 0.25) is 5.91 Å². The smallest absolute Gasteiger partial charge is 0.407 e. The second-order valence-electron chi connectivity index (χ2n) is 4.97. The Kier molecular flexibility index (Phi) is 7.34. The molecule has 2 N–H and O–H groups in total. The molecule has 0 heterocycles. The van der Waals surface area contributed by atoms with Gasteiger partial charge in [-0.25, -0.2) is 4.79 Å². The van der Waals surface area contributed by atoms with E-state index in [1.54, 1.807) is 0 Å². The van der Waals surface area contributed by atoms with Gasteiger partial charge in [0.05, 0.1) is 0 Å². The van der Waals surface area contributed by atoms with Crippen LogP contribution in [-0.2, 0) is 9.53 Å². The van der Waals surface area contributed by atoms with E-state index >= 15 is 0 Å². The third kappa shape index (κ3) is 12.7. The summed E-state index contributed by atoms with van der Waals surface area (Å²) in [4.78, 5) is 21.8. The van der Waals surface area contributed by atoms with Gasteiger partial charge in [-0.2, -0.15) is 0 Å². The second-order valence-corrected chi connectivity index (χ2v) is 4.97. The highest BCUT2D eigenvalue weighted by molar-refractivity contribution is 5.72. The standard InChI is InChI=1S/C12H24N2O3/c1-10(15)13-8-6-5-7-9-14-11(16)17-12(2,3)4/h5-9H2,1-4H3,(H,13,15)(H,14,16). The van der Waals surface area contributed by atoms with Crippen molar-refractivity contribution in [2.45, 2.75) is 52.6 Å². The van der Waals surface area contributed by atoms with Gasteiger partial charge >= 0.3 is 6.09 Å². The molecule has 2 amide bonds. The van der Waals surface area contributed by atoms with Gasteiger partial charge < -0.3 is 15.4 Å². The topological polar surface area (TPSA) is 67.4 Å². The Morgan fingerprint density at radius 1 is 1.00 bits per heavy atom. The summed E-state index contributed by atoms with van der Waals surface area (Å²) in [5.41, 5.74) is -0.449. The first-order valence-electron chi connectivity index (χ1n) is 6.02. The molecule has 0 saturated carbocycles. The van der Waals surface area contributed by atoms with E-state index in [9.17, 15) is 9.59 Å². The van der Waals surface area contributed by atoms with E-state index in [2.05, 4.69) is 10.6 Å². The first-order valence-corrected chi connectivity index (χ1v) is 6.02. The summed E-state index contributed by atoms with van der Waals surface area (Å²) < 4.78 is 5.09. The average Bonchev–Trinajstić information content (AvgIpc) is 2.12. The predicted molar refractivity (Wildman–Crippen MR) is 66.8 cm³/mol. The summed E-state index contributed by atoms with van der Waals surface area (Å²) >= 11 is 0. The van der Waals surface area contributed by atoms with Crippen LogP contribution in [0.15, 0.2) is 0 Å². The van der Waals surface area contributed by atoms with Crippen LogP contribution in [-0.4, -0.2) is 30.7 Å². The number of carbonyl (C=O) groups excluding carboxylic acids is 2. The molecule has 0 aliphatic carbocycles. The number of ether oxygens (including phenoxy) is 1. The van der Waals surface area contributed by atoms with Gasteiger partial charge in [0.15, 0.2) is 0 Å². The van der Waals surface area contributed by atoms with E-state index in [0.29, 0.717) is 13.1 Å². The van der Waals surface area contributed by atoms with Crippen LogP contribution >= 0.6 is 0 Å². The van der Waals surface area contributed by atoms with Crippen LogP contribution in [0.4, 0.5) is 4.79 Å². The van der Waals surface area contributed by atoms with E-state index in [4.69, 9.17) is 4.74 Å². The average molecular weight is 244 g/mol. The quantitative estimate of drug-likeness (QED) is 0.700. The SMILES string of the molecule is CC(=O)NCCCCCNC(=O)OC(C)(C)C. The first-order chi connectivity index (χ1) is 7.81. The second kappa shape index (κ2) is 7.92. The van der Waals surface area contributed by atoms with Gasteiger partial charge in [-0.15, -0.1) is 0 Å². The van der Waals surface area contributed by atoms with Gasteiger partial charge in [-0.1, -0.05) is 0 Å². The van der Waals surface area contributed by atoms with Gasteiger partial charge in [-0.3, -0.25) is 4.79 Å². The maximum atomic E-state index is 11.2. The first kappa shape index (κ1) is 15.7. The Labute approximate surface area is 103 Å². The van der Waals surface area contributed by atoms with Crippen molar-refractivity contribution in [3.05, 3.63) is 0 Å². The summed E-state index contributed by atoms with van der Waals surface area (Å²) in [6.07, 6.45) is 2.41. The fourth-order valence-electron chi connectivity index (χ4n) is 1.20. The summed E-state index contributed by atoms with van der Waals surface area (Å²) in [5.74, 6) is -0.00289. The van der Waals surface area contributed by atoms with Crippen LogP contribution < -0.4 is 10.6 Å². The highest BCUT2D eigenvalue weighted by Gasteiger charge is 2.15. The highest BCUT2D eigenvalue weighted by Crippen LogP contribution is 2.06. The molecule has 5 nitrogen and oxygen atoms in total. The fraction of sp³-hybridized carbons (Fsp3) is 0.833. The van der Waals surface area contributed by atoms with Crippen molar-refractivity contribution in [1.29, 1.82) is 0 Å². The third-order valence-electron chi connectivity index (χ3n) is 1.90. The largest absolute Gasteiger partial charge is 0.444 e. The summed E-state index contributed by atoms with van der Waals surface area (Å²) in [7, 11) is 0. The van der Waals surface area contributed by atoms with E-state index in [1.807, 2.05) is 20.8 Å². The van der Waals surface area contributed by atoms with Crippen LogP contribution in [0.2, 0.25) is 0 Å². The molecule has 0 radical (unpaired) electrons. The molecule has 0 fully saturated rings. The molecule has 0 unspecified atom stereocenters. The van der Waals surface area contributed by atoms with Crippen molar-refractivity contribution >= 4 is 12.0 Å². The lowest BCUT2D eigenvalue weighted by molar-refractivity contribution is -0.118. The van der Waals surface area contributed by atoms with E-state index in [0.717, 1.165) is 19.3 Å². The van der Waals surface area contributed by atoms with Gasteiger partial charge in [0, 0.05) is 20.0 Å². The molecule has 0 aromatic heterocycles. The van der Waals surface area contributed by atoms with Crippen LogP contribution in [0.1, 0.15) is 47.0 Å². The number of unbranched alkanes of at least 4 members (excludes halogenated alkanes) is 2. The zero-order valence-corrected chi connectivity index (χ0v) is 11.3. The molecular formula is C12H24N2O3. The number of nitrogens with one attached hydrogen (secondary N) is 2. The number of amides is 2. The highest BCUT2D eigenvalue weighted by atomic mass is 16.6. The molecule has 100 valence electrons. The Morgan fingerprint density at radius 2 is 1.53 bits per heavy atom. The van der Waals surface area contributed by atoms with Crippen molar-refractivity contribution in [3.63, 3.8) is 0 Å². The Morgan fingerprint density at radius 3 is 2.00 bits per heavy atom. The monoisotopic (exact) mass is 244 g/mol. The number of alkyl carbamates (subject to hydrolysis) is 1.